The molecule has 198 valence electrons. The first kappa shape index (κ1) is 29.4. The number of methoxy groups -OCH3 is 1. The lowest BCUT2D eigenvalue weighted by Crippen LogP contribution is -2.48. The van der Waals surface area contributed by atoms with Crippen LogP contribution in [0.3, 0.4) is 0 Å². The number of aromatic nitrogens is 1. The highest BCUT2D eigenvalue weighted by Gasteiger charge is 2.36. The van der Waals surface area contributed by atoms with Gasteiger partial charge in [0, 0.05) is 37.2 Å². The first-order valence-corrected chi connectivity index (χ1v) is 13.6. The van der Waals surface area contributed by atoms with Crippen molar-refractivity contribution in [1.29, 1.82) is 0 Å². The third-order valence-corrected chi connectivity index (χ3v) is 8.44. The van der Waals surface area contributed by atoms with Crippen LogP contribution in [0.1, 0.15) is 87.8 Å². The monoisotopic (exact) mass is 509 g/mol. The van der Waals surface area contributed by atoms with Crippen LogP contribution in [0.15, 0.2) is 5.38 Å². The normalized spacial score (nSPS) is 20.2. The van der Waals surface area contributed by atoms with Crippen LogP contribution in [0.5, 0.6) is 0 Å². The zero-order valence-corrected chi connectivity index (χ0v) is 23.1. The molecule has 0 spiro atoms. The standard InChI is InChI=1S/C26H43N3O5S/c1-8-17(4)18(13-22(30)20-11-9-10-12-28(20)5)25(32)29(6)21(16(2)3)14-23(31)24-27-19(15-35-24)26(33)34-7/h15-18,20-21,23,31H,8-14H2,1-7H3/t17-,18-,20+,21+,23+/m0/s1. The lowest BCUT2D eigenvalue weighted by molar-refractivity contribution is -0.143. The number of esters is 1. The van der Waals surface area contributed by atoms with Crippen molar-refractivity contribution >= 4 is 29.0 Å². The van der Waals surface area contributed by atoms with Gasteiger partial charge in [0.05, 0.1) is 13.2 Å². The van der Waals surface area contributed by atoms with Gasteiger partial charge in [-0.25, -0.2) is 9.78 Å². The molecule has 2 heterocycles. The molecule has 1 aromatic rings. The number of carbonyl (C=O) groups is 3. The lowest BCUT2D eigenvalue weighted by atomic mass is 9.83. The molecule has 1 saturated heterocycles. The Morgan fingerprint density at radius 1 is 1.29 bits per heavy atom. The summed E-state index contributed by atoms with van der Waals surface area (Å²) in [6.45, 7) is 9.04. The van der Waals surface area contributed by atoms with E-state index in [4.69, 9.17) is 4.74 Å². The first-order valence-electron chi connectivity index (χ1n) is 12.7. The summed E-state index contributed by atoms with van der Waals surface area (Å²) in [5, 5.41) is 12.9. The second-order valence-corrected chi connectivity index (χ2v) is 11.1. The second kappa shape index (κ2) is 13.5. The number of thiazole rings is 1. The number of aliphatic hydroxyl groups is 1. The van der Waals surface area contributed by atoms with Gasteiger partial charge < -0.3 is 14.7 Å². The second-order valence-electron chi connectivity index (χ2n) is 10.2. The Kier molecular flexibility index (Phi) is 11.3. The number of amides is 1. The van der Waals surface area contributed by atoms with Gasteiger partial charge in [-0.1, -0.05) is 40.5 Å². The maximum absolute atomic E-state index is 13.7. The average molecular weight is 510 g/mol. The molecule has 9 heteroatoms. The molecule has 0 aromatic carbocycles. The minimum atomic E-state index is -0.916. The van der Waals surface area contributed by atoms with E-state index in [1.54, 1.807) is 17.3 Å². The summed E-state index contributed by atoms with van der Waals surface area (Å²) in [7, 11) is 5.06. The van der Waals surface area contributed by atoms with Crippen molar-refractivity contribution in [2.75, 3.05) is 27.7 Å². The van der Waals surface area contributed by atoms with Crippen LogP contribution in [0.25, 0.3) is 0 Å². The van der Waals surface area contributed by atoms with Gasteiger partial charge in [0.2, 0.25) is 5.91 Å². The van der Waals surface area contributed by atoms with E-state index in [0.717, 1.165) is 32.2 Å². The average Bonchev–Trinajstić information content (AvgIpc) is 3.34. The van der Waals surface area contributed by atoms with Gasteiger partial charge in [0.15, 0.2) is 11.5 Å². The largest absolute Gasteiger partial charge is 0.464 e. The zero-order chi connectivity index (χ0) is 26.3. The minimum Gasteiger partial charge on any atom is -0.464 e. The number of hydrogen-bond donors (Lipinski definition) is 1. The van der Waals surface area contributed by atoms with Crippen LogP contribution in [-0.2, 0) is 14.3 Å². The van der Waals surface area contributed by atoms with Gasteiger partial charge in [-0.05, 0) is 38.3 Å². The molecule has 0 aliphatic carbocycles. The molecule has 1 aromatic heterocycles. The predicted molar refractivity (Wildman–Crippen MR) is 137 cm³/mol. The molecule has 1 fully saturated rings. The van der Waals surface area contributed by atoms with Crippen molar-refractivity contribution in [3.63, 3.8) is 0 Å². The van der Waals surface area contributed by atoms with Crippen LogP contribution in [0.2, 0.25) is 0 Å². The Labute approximate surface area is 214 Å². The quantitative estimate of drug-likeness (QED) is 0.426. The van der Waals surface area contributed by atoms with E-state index >= 15 is 0 Å². The summed E-state index contributed by atoms with van der Waals surface area (Å²) in [5.74, 6) is -0.683. The Morgan fingerprint density at radius 3 is 2.54 bits per heavy atom. The fraction of sp³-hybridized carbons (Fsp3) is 0.769. The summed E-state index contributed by atoms with van der Waals surface area (Å²) in [6.07, 6.45) is 3.44. The van der Waals surface area contributed by atoms with E-state index in [1.807, 2.05) is 34.7 Å². The Morgan fingerprint density at radius 2 is 1.97 bits per heavy atom. The third-order valence-electron chi connectivity index (χ3n) is 7.49. The topological polar surface area (TPSA) is 100 Å². The molecule has 1 aliphatic rings. The number of aliphatic hydroxyl groups excluding tert-OH is 1. The molecule has 0 bridgehead atoms. The molecule has 8 nitrogen and oxygen atoms in total. The van der Waals surface area contributed by atoms with Gasteiger partial charge in [-0.15, -0.1) is 11.3 Å². The summed E-state index contributed by atoms with van der Waals surface area (Å²) in [5.41, 5.74) is 0.167. The maximum Gasteiger partial charge on any atom is 0.357 e. The molecular weight excluding hydrogens is 466 g/mol. The fourth-order valence-electron chi connectivity index (χ4n) is 4.92. The van der Waals surface area contributed by atoms with E-state index in [1.165, 1.54) is 18.4 Å². The van der Waals surface area contributed by atoms with Crippen LogP contribution >= 0.6 is 11.3 Å². The van der Waals surface area contributed by atoms with Crippen molar-refractivity contribution in [2.24, 2.45) is 17.8 Å². The van der Waals surface area contributed by atoms with E-state index < -0.39 is 18.0 Å². The number of rotatable bonds is 12. The Balaban J connectivity index is 2.16. The smallest absolute Gasteiger partial charge is 0.357 e. The van der Waals surface area contributed by atoms with Gasteiger partial charge in [0.1, 0.15) is 11.1 Å². The molecule has 0 unspecified atom stereocenters. The van der Waals surface area contributed by atoms with Gasteiger partial charge in [0.25, 0.3) is 0 Å². The number of nitrogens with zero attached hydrogens (tertiary/aromatic N) is 3. The van der Waals surface area contributed by atoms with Crippen molar-refractivity contribution in [3.8, 4) is 0 Å². The molecule has 0 saturated carbocycles. The predicted octanol–water partition coefficient (Wildman–Crippen LogP) is 3.94. The van der Waals surface area contributed by atoms with Crippen LogP contribution in [-0.4, -0.2) is 77.4 Å². The molecule has 1 N–H and O–H groups in total. The Hall–Kier alpha value is -1.84. The molecule has 1 amide bonds. The van der Waals surface area contributed by atoms with Gasteiger partial charge in [-0.2, -0.15) is 0 Å². The highest BCUT2D eigenvalue weighted by Crippen LogP contribution is 2.30. The van der Waals surface area contributed by atoms with Crippen LogP contribution in [0.4, 0.5) is 0 Å². The molecule has 1 aliphatic heterocycles. The number of likely N-dealkylation sites (tertiary alicyclic amines) is 1. The highest BCUT2D eigenvalue weighted by atomic mass is 32.1. The number of ether oxygens (including phenoxy) is 1. The molecule has 5 atom stereocenters. The highest BCUT2D eigenvalue weighted by molar-refractivity contribution is 7.09. The van der Waals surface area contributed by atoms with E-state index in [-0.39, 0.29) is 47.7 Å². The first-order chi connectivity index (χ1) is 16.5. The molecule has 35 heavy (non-hydrogen) atoms. The zero-order valence-electron chi connectivity index (χ0n) is 22.3. The van der Waals surface area contributed by atoms with Gasteiger partial charge in [-0.3, -0.25) is 14.5 Å². The fourth-order valence-corrected chi connectivity index (χ4v) is 5.71. The number of piperidine rings is 1. The number of Topliss-reactive ketones (excluding diaryl/α,β-unsaturated/α-hetero) is 1. The van der Waals surface area contributed by atoms with E-state index in [0.29, 0.717) is 11.4 Å². The van der Waals surface area contributed by atoms with Crippen molar-refractivity contribution in [1.82, 2.24) is 14.8 Å². The molecule has 2 rings (SSSR count). The maximum atomic E-state index is 13.7. The number of ketones is 1. The third kappa shape index (κ3) is 7.57. The number of likely N-dealkylation sites (N-methyl/N-ethyl adjacent to an activating group) is 1. The van der Waals surface area contributed by atoms with Crippen LogP contribution in [0, 0.1) is 17.8 Å². The SMILES string of the molecule is CC[C@H](C)[C@H](CC(=O)[C@H]1CCCCN1C)C(=O)N(C)[C@H](C[C@@H](O)c1nc(C(=O)OC)cs1)C(C)C. The molecule has 0 radical (unpaired) electrons. The summed E-state index contributed by atoms with van der Waals surface area (Å²) in [4.78, 5) is 46.7. The van der Waals surface area contributed by atoms with Crippen molar-refractivity contribution < 1.29 is 24.2 Å². The number of carbonyl (C=O) groups excluding carboxylic acids is 3. The van der Waals surface area contributed by atoms with E-state index in [9.17, 15) is 19.5 Å². The number of hydrogen-bond acceptors (Lipinski definition) is 8. The minimum absolute atomic E-state index is 0.0496. The van der Waals surface area contributed by atoms with Gasteiger partial charge >= 0.3 is 5.97 Å². The summed E-state index contributed by atoms with van der Waals surface area (Å²) in [6, 6.07) is -0.355. The van der Waals surface area contributed by atoms with Crippen molar-refractivity contribution in [2.45, 2.75) is 84.4 Å². The summed E-state index contributed by atoms with van der Waals surface area (Å²) >= 11 is 1.20. The summed E-state index contributed by atoms with van der Waals surface area (Å²) < 4.78 is 4.70. The van der Waals surface area contributed by atoms with Crippen LogP contribution < -0.4 is 0 Å². The van der Waals surface area contributed by atoms with Crippen molar-refractivity contribution in [3.05, 3.63) is 16.1 Å². The Bertz CT molecular complexity index is 858. The van der Waals surface area contributed by atoms with E-state index in [2.05, 4.69) is 9.88 Å². The molecular formula is C26H43N3O5S. The lowest BCUT2D eigenvalue weighted by Gasteiger charge is -2.37.